The van der Waals surface area contributed by atoms with Crippen LogP contribution in [-0.4, -0.2) is 0 Å². The molecule has 0 radical (unpaired) electrons. The van der Waals surface area contributed by atoms with E-state index in [2.05, 4.69) is 57.3 Å². The molecule has 0 fully saturated rings. The molecule has 0 saturated carbocycles. The van der Waals surface area contributed by atoms with Crippen LogP contribution in [0.2, 0.25) is 0 Å². The molecule has 0 aliphatic heterocycles. The van der Waals surface area contributed by atoms with Crippen LogP contribution in [-0.2, 0) is 0 Å². The Bertz CT molecular complexity index is 500. The number of hydrogen-bond donors (Lipinski definition) is 0. The summed E-state index contributed by atoms with van der Waals surface area (Å²) in [5.41, 5.74) is 2.27. The Labute approximate surface area is 117 Å². The van der Waals surface area contributed by atoms with E-state index in [1.54, 1.807) is 22.7 Å². The van der Waals surface area contributed by atoms with E-state index in [4.69, 9.17) is 0 Å². The second-order valence-electron chi connectivity index (χ2n) is 3.83. The highest BCUT2D eigenvalue weighted by Crippen LogP contribution is 2.05. The first-order chi connectivity index (χ1) is 8.95. The Morgan fingerprint density at radius 3 is 1.67 bits per heavy atom. The summed E-state index contributed by atoms with van der Waals surface area (Å²) in [6, 6.07) is 4.12. The number of thiophene rings is 2. The minimum absolute atomic E-state index is 0.968. The van der Waals surface area contributed by atoms with E-state index in [0.29, 0.717) is 0 Å². The van der Waals surface area contributed by atoms with Crippen molar-refractivity contribution in [2.75, 3.05) is 0 Å². The van der Waals surface area contributed by atoms with Crippen molar-refractivity contribution in [1.29, 1.82) is 0 Å². The second kappa shape index (κ2) is 7.77. The van der Waals surface area contributed by atoms with Crippen LogP contribution in [0.25, 0.3) is 0 Å². The molecule has 0 amide bonds. The molecule has 0 saturated heterocycles. The molecule has 0 aliphatic rings. The van der Waals surface area contributed by atoms with Gasteiger partial charge in [0, 0.05) is 34.7 Å². The maximum absolute atomic E-state index is 3.20. The maximum Gasteiger partial charge on any atom is 0.0352 e. The smallest absolute Gasteiger partial charge is 0.0352 e. The lowest BCUT2D eigenvalue weighted by Crippen LogP contribution is -1.74. The van der Waals surface area contributed by atoms with Crippen LogP contribution in [0.15, 0.2) is 33.7 Å². The molecule has 0 N–H and O–H groups in total. The van der Waals surface area contributed by atoms with Gasteiger partial charge in [-0.05, 0) is 35.7 Å². The third kappa shape index (κ3) is 4.80. The molecule has 2 rings (SSSR count). The van der Waals surface area contributed by atoms with E-state index in [1.165, 1.54) is 0 Å². The van der Waals surface area contributed by atoms with E-state index in [0.717, 1.165) is 36.8 Å². The summed E-state index contributed by atoms with van der Waals surface area (Å²) in [5, 5.41) is 8.28. The molecule has 2 heterocycles. The van der Waals surface area contributed by atoms with Gasteiger partial charge >= 0.3 is 0 Å². The molecule has 0 aromatic carbocycles. The minimum Gasteiger partial charge on any atom is -0.151 e. The first-order valence-corrected chi connectivity index (χ1v) is 7.86. The van der Waals surface area contributed by atoms with Gasteiger partial charge in [0.25, 0.3) is 0 Å². The van der Waals surface area contributed by atoms with Crippen molar-refractivity contribution in [2.45, 2.75) is 25.7 Å². The normalized spacial score (nSPS) is 9.11. The highest BCUT2D eigenvalue weighted by atomic mass is 32.1. The van der Waals surface area contributed by atoms with E-state index >= 15 is 0 Å². The molecule has 2 heteroatoms. The topological polar surface area (TPSA) is 0 Å². The molecule has 0 nitrogen and oxygen atoms in total. The molecule has 0 spiro atoms. The fraction of sp³-hybridized carbons (Fsp3) is 0.250. The lowest BCUT2D eigenvalue weighted by molar-refractivity contribution is 0.782. The summed E-state index contributed by atoms with van der Waals surface area (Å²) in [5.74, 6) is 12.7. The first kappa shape index (κ1) is 13.0. The predicted octanol–water partition coefficient (Wildman–Crippen LogP) is 4.77. The van der Waals surface area contributed by atoms with Gasteiger partial charge in [-0.1, -0.05) is 23.7 Å². The molecular weight excluding hydrogens is 256 g/mol. The van der Waals surface area contributed by atoms with Crippen molar-refractivity contribution in [3.63, 3.8) is 0 Å². The molecule has 0 unspecified atom stereocenters. The molecule has 0 aliphatic carbocycles. The minimum atomic E-state index is 0.968. The van der Waals surface area contributed by atoms with Crippen LogP contribution in [0.3, 0.4) is 0 Å². The van der Waals surface area contributed by atoms with Gasteiger partial charge in [0.1, 0.15) is 0 Å². The highest BCUT2D eigenvalue weighted by molar-refractivity contribution is 7.08. The van der Waals surface area contributed by atoms with Crippen molar-refractivity contribution in [2.24, 2.45) is 0 Å². The van der Waals surface area contributed by atoms with Crippen molar-refractivity contribution < 1.29 is 0 Å². The van der Waals surface area contributed by atoms with Gasteiger partial charge in [0.2, 0.25) is 0 Å². The zero-order valence-corrected chi connectivity index (χ0v) is 11.7. The van der Waals surface area contributed by atoms with E-state index in [-0.39, 0.29) is 0 Å². The van der Waals surface area contributed by atoms with Gasteiger partial charge in [-0.25, -0.2) is 0 Å². The van der Waals surface area contributed by atoms with Crippen LogP contribution in [0.1, 0.15) is 36.8 Å². The zero-order chi connectivity index (χ0) is 12.5. The van der Waals surface area contributed by atoms with Gasteiger partial charge in [-0.3, -0.25) is 0 Å². The summed E-state index contributed by atoms with van der Waals surface area (Å²) in [6.45, 7) is 0. The lowest BCUT2D eigenvalue weighted by atomic mass is 10.2. The predicted molar refractivity (Wildman–Crippen MR) is 80.9 cm³/mol. The van der Waals surface area contributed by atoms with Crippen molar-refractivity contribution >= 4 is 22.7 Å². The van der Waals surface area contributed by atoms with E-state index in [9.17, 15) is 0 Å². The average Bonchev–Trinajstić information content (AvgIpc) is 3.05. The summed E-state index contributed by atoms with van der Waals surface area (Å²) in [7, 11) is 0. The Kier molecular flexibility index (Phi) is 5.60. The molecule has 2 aromatic rings. The van der Waals surface area contributed by atoms with Crippen LogP contribution in [0.5, 0.6) is 0 Å². The average molecular weight is 270 g/mol. The number of hydrogen-bond acceptors (Lipinski definition) is 2. The lowest BCUT2D eigenvalue weighted by Gasteiger charge is -1.88. The van der Waals surface area contributed by atoms with Crippen molar-refractivity contribution in [3.05, 3.63) is 44.8 Å². The highest BCUT2D eigenvalue weighted by Gasteiger charge is 1.86. The Hall–Kier alpha value is -1.48. The second-order valence-corrected chi connectivity index (χ2v) is 5.39. The number of rotatable bonds is 3. The van der Waals surface area contributed by atoms with Gasteiger partial charge in [-0.15, -0.1) is 0 Å². The molecule has 18 heavy (non-hydrogen) atoms. The van der Waals surface area contributed by atoms with Gasteiger partial charge in [0.15, 0.2) is 0 Å². The molecular formula is C16H14S2. The van der Waals surface area contributed by atoms with Crippen molar-refractivity contribution in [1.82, 2.24) is 0 Å². The Balaban J connectivity index is 1.59. The molecule has 2 aromatic heterocycles. The molecule has 0 bridgehead atoms. The largest absolute Gasteiger partial charge is 0.151 e. The zero-order valence-electron chi connectivity index (χ0n) is 10.1. The quantitative estimate of drug-likeness (QED) is 0.556. The van der Waals surface area contributed by atoms with Gasteiger partial charge in [0.05, 0.1) is 0 Å². The SMILES string of the molecule is C(#Cc1ccsc1)CCCCC#Cc1ccsc1. The Morgan fingerprint density at radius 1 is 0.778 bits per heavy atom. The third-order valence-electron chi connectivity index (χ3n) is 2.36. The third-order valence-corrected chi connectivity index (χ3v) is 3.73. The van der Waals surface area contributed by atoms with Gasteiger partial charge in [-0.2, -0.15) is 22.7 Å². The summed E-state index contributed by atoms with van der Waals surface area (Å²) in [6.07, 6.45) is 4.21. The van der Waals surface area contributed by atoms with Crippen molar-refractivity contribution in [3.8, 4) is 23.7 Å². The Morgan fingerprint density at radius 2 is 1.28 bits per heavy atom. The van der Waals surface area contributed by atoms with E-state index < -0.39 is 0 Å². The van der Waals surface area contributed by atoms with Crippen LogP contribution in [0.4, 0.5) is 0 Å². The first-order valence-electron chi connectivity index (χ1n) is 5.97. The monoisotopic (exact) mass is 270 g/mol. The maximum atomic E-state index is 3.20. The fourth-order valence-corrected chi connectivity index (χ4v) is 2.60. The summed E-state index contributed by atoms with van der Waals surface area (Å²) < 4.78 is 0. The van der Waals surface area contributed by atoms with Crippen LogP contribution in [0, 0.1) is 23.7 Å². The number of unbranched alkanes of at least 4 members (excludes halogenated alkanes) is 3. The summed E-state index contributed by atoms with van der Waals surface area (Å²) >= 11 is 3.39. The standard InChI is InChI=1S/C16H14S2/c1(3-5-7-15-9-11-17-13-15)2-4-6-8-16-10-12-18-14-16/h9-14H,1-4H2. The van der Waals surface area contributed by atoms with Gasteiger partial charge < -0.3 is 0 Å². The molecule has 0 atom stereocenters. The molecule has 90 valence electrons. The fourth-order valence-electron chi connectivity index (χ4n) is 1.43. The summed E-state index contributed by atoms with van der Waals surface area (Å²) in [4.78, 5) is 0. The van der Waals surface area contributed by atoms with E-state index in [1.807, 2.05) is 0 Å². The van der Waals surface area contributed by atoms with Crippen LogP contribution >= 0.6 is 22.7 Å². The van der Waals surface area contributed by atoms with Crippen LogP contribution < -0.4 is 0 Å².